The second-order valence-electron chi connectivity index (χ2n) is 11.0. The number of piperidine rings is 1. The monoisotopic (exact) mass is 499 g/mol. The number of amides is 1. The van der Waals surface area contributed by atoms with E-state index in [1.54, 1.807) is 36.3 Å². The Labute approximate surface area is 204 Å². The topological polar surface area (TPSA) is 90.1 Å². The molecule has 0 radical (unpaired) electrons. The molecule has 35 heavy (non-hydrogen) atoms. The standard InChI is InChI=1S/C23H36F3N7O2/c1-21(2,3)35-20(34)29-22(4,5)14-33-18(28-19(30-33)17-12-27-31(6)13-17)11-16-7-9-32(10-8-16)15-23(24,25)26/h12-13,16H,7-11,14-15H2,1-6H3,(H,29,34). The summed E-state index contributed by atoms with van der Waals surface area (Å²) in [6.07, 6.45) is 0.712. The molecule has 0 unspecified atom stereocenters. The molecule has 0 atom stereocenters. The molecule has 12 heteroatoms. The number of likely N-dealkylation sites (tertiary alicyclic amines) is 1. The summed E-state index contributed by atoms with van der Waals surface area (Å²) in [6, 6.07) is 0. The average Bonchev–Trinajstić information content (AvgIpc) is 3.26. The average molecular weight is 500 g/mol. The fraction of sp³-hybridized carbons (Fsp3) is 0.739. The van der Waals surface area contributed by atoms with Gasteiger partial charge in [-0.15, -0.1) is 0 Å². The van der Waals surface area contributed by atoms with Gasteiger partial charge in [0.15, 0.2) is 5.82 Å². The number of carbonyl (C=O) groups excluding carboxylic acids is 1. The summed E-state index contributed by atoms with van der Waals surface area (Å²) < 4.78 is 47.0. The van der Waals surface area contributed by atoms with Crippen LogP contribution < -0.4 is 5.32 Å². The molecule has 1 fully saturated rings. The fourth-order valence-electron chi connectivity index (χ4n) is 4.17. The van der Waals surface area contributed by atoms with Crippen LogP contribution in [0.4, 0.5) is 18.0 Å². The van der Waals surface area contributed by atoms with Gasteiger partial charge in [-0.3, -0.25) is 9.58 Å². The Morgan fingerprint density at radius 2 is 1.80 bits per heavy atom. The first-order chi connectivity index (χ1) is 16.1. The molecule has 3 rings (SSSR count). The van der Waals surface area contributed by atoms with Crippen molar-refractivity contribution in [1.82, 2.24) is 34.8 Å². The number of alkyl halides is 3. The van der Waals surface area contributed by atoms with Crippen molar-refractivity contribution in [3.05, 3.63) is 18.2 Å². The largest absolute Gasteiger partial charge is 0.444 e. The van der Waals surface area contributed by atoms with Crippen LogP contribution in [0.3, 0.4) is 0 Å². The first-order valence-corrected chi connectivity index (χ1v) is 11.8. The Balaban J connectivity index is 1.74. The van der Waals surface area contributed by atoms with Crippen LogP contribution >= 0.6 is 0 Å². The highest BCUT2D eigenvalue weighted by molar-refractivity contribution is 5.68. The predicted molar refractivity (Wildman–Crippen MR) is 125 cm³/mol. The summed E-state index contributed by atoms with van der Waals surface area (Å²) in [5.41, 5.74) is -0.537. The molecule has 2 aromatic rings. The van der Waals surface area contributed by atoms with Crippen LogP contribution in [0.25, 0.3) is 11.4 Å². The summed E-state index contributed by atoms with van der Waals surface area (Å²) in [6.45, 7) is 9.44. The second-order valence-corrected chi connectivity index (χ2v) is 11.0. The summed E-state index contributed by atoms with van der Waals surface area (Å²) in [5.74, 6) is 1.46. The molecule has 2 aromatic heterocycles. The van der Waals surface area contributed by atoms with Gasteiger partial charge in [-0.05, 0) is 66.5 Å². The van der Waals surface area contributed by atoms with Crippen LogP contribution in [0.5, 0.6) is 0 Å². The zero-order valence-electron chi connectivity index (χ0n) is 21.3. The van der Waals surface area contributed by atoms with Crippen LogP contribution in [0, 0.1) is 5.92 Å². The van der Waals surface area contributed by atoms with Crippen molar-refractivity contribution in [2.75, 3.05) is 19.6 Å². The van der Waals surface area contributed by atoms with E-state index in [1.165, 1.54) is 4.90 Å². The number of hydrogen-bond acceptors (Lipinski definition) is 6. The van der Waals surface area contributed by atoms with Gasteiger partial charge < -0.3 is 10.1 Å². The number of nitrogens with zero attached hydrogens (tertiary/aromatic N) is 6. The number of nitrogens with one attached hydrogen (secondary N) is 1. The van der Waals surface area contributed by atoms with E-state index in [9.17, 15) is 18.0 Å². The number of alkyl carbamates (subject to hydrolysis) is 1. The quantitative estimate of drug-likeness (QED) is 0.623. The summed E-state index contributed by atoms with van der Waals surface area (Å²) in [5, 5.41) is 11.8. The highest BCUT2D eigenvalue weighted by atomic mass is 19.4. The predicted octanol–water partition coefficient (Wildman–Crippen LogP) is 3.80. The van der Waals surface area contributed by atoms with E-state index in [0.29, 0.717) is 44.7 Å². The minimum absolute atomic E-state index is 0.200. The lowest BCUT2D eigenvalue weighted by molar-refractivity contribution is -0.148. The maximum atomic E-state index is 12.7. The van der Waals surface area contributed by atoms with Gasteiger partial charge in [0.05, 0.1) is 30.4 Å². The third-order valence-electron chi connectivity index (χ3n) is 5.68. The van der Waals surface area contributed by atoms with Crippen LogP contribution in [0.15, 0.2) is 12.4 Å². The molecule has 1 aliphatic heterocycles. The van der Waals surface area contributed by atoms with Gasteiger partial charge in [-0.2, -0.15) is 23.4 Å². The van der Waals surface area contributed by atoms with E-state index < -0.39 is 30.0 Å². The van der Waals surface area contributed by atoms with Gasteiger partial charge in [0.25, 0.3) is 0 Å². The molecule has 0 bridgehead atoms. The third kappa shape index (κ3) is 8.52. The summed E-state index contributed by atoms with van der Waals surface area (Å²) in [4.78, 5) is 18.6. The molecule has 0 aromatic carbocycles. The van der Waals surface area contributed by atoms with E-state index in [-0.39, 0.29) is 5.92 Å². The first-order valence-electron chi connectivity index (χ1n) is 11.8. The molecule has 1 saturated heterocycles. The SMILES string of the molecule is Cn1cc(-c2nc(CC3CCN(CC(F)(F)F)CC3)n(CC(C)(C)NC(=O)OC(C)(C)C)n2)cn1. The number of halogens is 3. The minimum atomic E-state index is -4.18. The number of aromatic nitrogens is 5. The number of rotatable bonds is 7. The van der Waals surface area contributed by atoms with E-state index in [2.05, 4.69) is 10.4 Å². The fourth-order valence-corrected chi connectivity index (χ4v) is 4.17. The summed E-state index contributed by atoms with van der Waals surface area (Å²) >= 11 is 0. The Kier molecular flexibility index (Phi) is 7.83. The Morgan fingerprint density at radius 1 is 1.14 bits per heavy atom. The molecule has 0 saturated carbocycles. The lowest BCUT2D eigenvalue weighted by atomic mass is 9.93. The van der Waals surface area contributed by atoms with Crippen molar-refractivity contribution >= 4 is 6.09 Å². The maximum Gasteiger partial charge on any atom is 0.408 e. The van der Waals surface area contributed by atoms with Crippen LogP contribution in [0.2, 0.25) is 0 Å². The first kappa shape index (κ1) is 27.0. The van der Waals surface area contributed by atoms with Crippen molar-refractivity contribution in [2.24, 2.45) is 13.0 Å². The lowest BCUT2D eigenvalue weighted by Gasteiger charge is -2.32. The zero-order valence-corrected chi connectivity index (χ0v) is 21.3. The van der Waals surface area contributed by atoms with Crippen molar-refractivity contribution in [3.63, 3.8) is 0 Å². The minimum Gasteiger partial charge on any atom is -0.444 e. The van der Waals surface area contributed by atoms with Gasteiger partial charge in [-0.1, -0.05) is 0 Å². The van der Waals surface area contributed by atoms with Gasteiger partial charge in [0, 0.05) is 19.7 Å². The number of carbonyl (C=O) groups is 1. The van der Waals surface area contributed by atoms with Gasteiger partial charge in [0.2, 0.25) is 0 Å². The van der Waals surface area contributed by atoms with Crippen molar-refractivity contribution in [1.29, 1.82) is 0 Å². The Hall–Kier alpha value is -2.63. The van der Waals surface area contributed by atoms with Crippen molar-refractivity contribution < 1.29 is 22.7 Å². The molecular weight excluding hydrogens is 463 g/mol. The summed E-state index contributed by atoms with van der Waals surface area (Å²) in [7, 11) is 1.81. The molecule has 3 heterocycles. The third-order valence-corrected chi connectivity index (χ3v) is 5.68. The van der Waals surface area contributed by atoms with Crippen molar-refractivity contribution in [2.45, 2.75) is 77.7 Å². The molecule has 1 aliphatic rings. The molecule has 9 nitrogen and oxygen atoms in total. The van der Waals surface area contributed by atoms with Crippen LogP contribution in [0.1, 0.15) is 53.3 Å². The van der Waals surface area contributed by atoms with E-state index in [1.807, 2.05) is 27.1 Å². The molecule has 1 amide bonds. The molecule has 196 valence electrons. The van der Waals surface area contributed by atoms with Crippen molar-refractivity contribution in [3.8, 4) is 11.4 Å². The molecule has 0 aliphatic carbocycles. The van der Waals surface area contributed by atoms with Gasteiger partial charge in [-0.25, -0.2) is 14.5 Å². The lowest BCUT2D eigenvalue weighted by Crippen LogP contribution is -2.48. The number of aryl methyl sites for hydroxylation is 1. The molecule has 1 N–H and O–H groups in total. The highest BCUT2D eigenvalue weighted by Crippen LogP contribution is 2.26. The van der Waals surface area contributed by atoms with E-state index in [4.69, 9.17) is 14.8 Å². The Bertz CT molecular complexity index is 1000. The zero-order chi connectivity index (χ0) is 26.0. The second kappa shape index (κ2) is 10.2. The molecular formula is C23H36F3N7O2. The van der Waals surface area contributed by atoms with E-state index >= 15 is 0 Å². The normalized spacial score (nSPS) is 16.5. The smallest absolute Gasteiger partial charge is 0.408 e. The van der Waals surface area contributed by atoms with Crippen LogP contribution in [-0.2, 0) is 24.8 Å². The number of hydrogen-bond donors (Lipinski definition) is 1. The molecule has 0 spiro atoms. The Morgan fingerprint density at radius 3 is 2.34 bits per heavy atom. The van der Waals surface area contributed by atoms with Gasteiger partial charge in [0.1, 0.15) is 11.4 Å². The number of ether oxygens (including phenoxy) is 1. The van der Waals surface area contributed by atoms with Gasteiger partial charge >= 0.3 is 12.3 Å². The highest BCUT2D eigenvalue weighted by Gasteiger charge is 2.33. The van der Waals surface area contributed by atoms with E-state index in [0.717, 1.165) is 11.4 Å². The van der Waals surface area contributed by atoms with Crippen LogP contribution in [-0.4, -0.2) is 72.5 Å². The maximum absolute atomic E-state index is 12.7.